The van der Waals surface area contributed by atoms with Crippen LogP contribution in [0.15, 0.2) is 22.6 Å². The highest BCUT2D eigenvalue weighted by Crippen LogP contribution is 2.30. The van der Waals surface area contributed by atoms with Gasteiger partial charge in [-0.25, -0.2) is 4.79 Å². The number of nitrogens with zero attached hydrogens (tertiary/aromatic N) is 1. The maximum atomic E-state index is 11.5. The van der Waals surface area contributed by atoms with Gasteiger partial charge in [0.15, 0.2) is 5.84 Å². The van der Waals surface area contributed by atoms with Crippen LogP contribution in [-0.2, 0) is 10.2 Å². The molecular formula is C12H16N4O5S. The lowest BCUT2D eigenvalue weighted by Gasteiger charge is -2.26. The summed E-state index contributed by atoms with van der Waals surface area (Å²) in [6.45, 7) is 3.32. The summed E-state index contributed by atoms with van der Waals surface area (Å²) in [6, 6.07) is 4.71. The van der Waals surface area contributed by atoms with Crippen LogP contribution in [0.2, 0.25) is 0 Å². The van der Waals surface area contributed by atoms with E-state index in [9.17, 15) is 13.2 Å². The first-order valence-corrected chi connectivity index (χ1v) is 7.69. The first kappa shape index (κ1) is 15.9. The largest absolute Gasteiger partial charge is 0.490 e. The molecule has 10 heteroatoms. The smallest absolute Gasteiger partial charge is 0.405 e. The van der Waals surface area contributed by atoms with Gasteiger partial charge in [0.1, 0.15) is 12.4 Å². The first-order chi connectivity index (χ1) is 10.1. The van der Waals surface area contributed by atoms with Crippen LogP contribution in [-0.4, -0.2) is 37.6 Å². The summed E-state index contributed by atoms with van der Waals surface area (Å²) >= 11 is 0. The Bertz CT molecular complexity index is 742. The minimum Gasteiger partial charge on any atom is -0.490 e. The molecule has 0 spiro atoms. The highest BCUT2D eigenvalue weighted by atomic mass is 32.2. The number of nitrogens with one attached hydrogen (secondary N) is 2. The molecule has 0 aliphatic carbocycles. The molecule has 0 saturated heterocycles. The number of hydrogen-bond acceptors (Lipinski definition) is 5. The molecule has 0 saturated carbocycles. The van der Waals surface area contributed by atoms with Crippen molar-refractivity contribution >= 4 is 27.8 Å². The lowest BCUT2D eigenvalue weighted by Crippen LogP contribution is -2.47. The number of amides is 1. The number of amidine groups is 1. The number of hydrogen-bond donors (Lipinski definition) is 4. The van der Waals surface area contributed by atoms with Crippen LogP contribution >= 0.6 is 0 Å². The zero-order chi connectivity index (χ0) is 16.5. The van der Waals surface area contributed by atoms with Crippen LogP contribution in [0.4, 0.5) is 10.5 Å². The second kappa shape index (κ2) is 5.37. The summed E-state index contributed by atoms with van der Waals surface area (Å²) in [5, 5.41) is 11.1. The van der Waals surface area contributed by atoms with Crippen molar-refractivity contribution in [3.63, 3.8) is 0 Å². The number of benzene rings is 1. The maximum absolute atomic E-state index is 11.5. The molecular weight excluding hydrogens is 312 g/mol. The van der Waals surface area contributed by atoms with E-state index in [2.05, 4.69) is 14.4 Å². The van der Waals surface area contributed by atoms with Crippen molar-refractivity contribution in [2.45, 2.75) is 19.4 Å². The molecule has 0 radical (unpaired) electrons. The first-order valence-electron chi connectivity index (χ1n) is 6.25. The molecule has 0 aromatic heterocycles. The van der Waals surface area contributed by atoms with E-state index in [1.165, 1.54) is 6.07 Å². The van der Waals surface area contributed by atoms with Crippen LogP contribution in [0.1, 0.15) is 19.4 Å². The number of fused-ring (bicyclic) bond motifs is 1. The molecule has 2 rings (SSSR count). The van der Waals surface area contributed by atoms with Crippen LogP contribution in [0.25, 0.3) is 0 Å². The summed E-state index contributed by atoms with van der Waals surface area (Å²) < 4.78 is 34.2. The topological polar surface area (TPSA) is 143 Å². The van der Waals surface area contributed by atoms with Gasteiger partial charge < -0.3 is 20.9 Å². The van der Waals surface area contributed by atoms with E-state index >= 15 is 0 Å². The Hall–Kier alpha value is -2.49. The van der Waals surface area contributed by atoms with Crippen molar-refractivity contribution < 1.29 is 23.1 Å². The molecule has 1 amide bonds. The monoisotopic (exact) mass is 328 g/mol. The SMILES string of the molecule is CC(C)(COc1cccc2c1C(N)=NS(=O)(=O)N2)NC(=O)O. The van der Waals surface area contributed by atoms with Gasteiger partial charge >= 0.3 is 16.3 Å². The second-order valence-corrected chi connectivity index (χ2v) is 6.67. The van der Waals surface area contributed by atoms with E-state index in [0.717, 1.165) is 0 Å². The molecule has 0 fully saturated rings. The number of anilines is 1. The Labute approximate surface area is 127 Å². The normalized spacial score (nSPS) is 16.0. The van der Waals surface area contributed by atoms with E-state index in [4.69, 9.17) is 15.6 Å². The van der Waals surface area contributed by atoms with E-state index in [-0.39, 0.29) is 18.1 Å². The van der Waals surface area contributed by atoms with Gasteiger partial charge in [0.25, 0.3) is 0 Å². The van der Waals surface area contributed by atoms with Crippen LogP contribution in [0.5, 0.6) is 5.75 Å². The highest BCUT2D eigenvalue weighted by molar-refractivity contribution is 7.91. The van der Waals surface area contributed by atoms with Crippen molar-refractivity contribution in [2.75, 3.05) is 11.3 Å². The van der Waals surface area contributed by atoms with E-state index in [0.29, 0.717) is 11.3 Å². The van der Waals surface area contributed by atoms with Crippen molar-refractivity contribution in [2.24, 2.45) is 10.1 Å². The quantitative estimate of drug-likeness (QED) is 0.633. The lowest BCUT2D eigenvalue weighted by molar-refractivity contribution is 0.162. The zero-order valence-electron chi connectivity index (χ0n) is 12.0. The minimum absolute atomic E-state index is 0.0236. The molecule has 1 aliphatic heterocycles. The molecule has 0 atom stereocenters. The molecule has 1 aromatic rings. The third kappa shape index (κ3) is 3.58. The molecule has 120 valence electrons. The van der Waals surface area contributed by atoms with Gasteiger partial charge in [-0.2, -0.15) is 8.42 Å². The third-order valence-corrected chi connectivity index (χ3v) is 3.69. The summed E-state index contributed by atoms with van der Waals surface area (Å²) in [5.41, 5.74) is 5.43. The average molecular weight is 328 g/mol. The van der Waals surface area contributed by atoms with E-state index < -0.39 is 21.8 Å². The van der Waals surface area contributed by atoms with Crippen molar-refractivity contribution in [3.05, 3.63) is 23.8 Å². The fourth-order valence-electron chi connectivity index (χ4n) is 1.92. The minimum atomic E-state index is -3.85. The summed E-state index contributed by atoms with van der Waals surface area (Å²) in [4.78, 5) is 10.7. The van der Waals surface area contributed by atoms with Crippen molar-refractivity contribution in [1.82, 2.24) is 5.32 Å². The van der Waals surface area contributed by atoms with E-state index in [1.54, 1.807) is 26.0 Å². The summed E-state index contributed by atoms with van der Waals surface area (Å²) in [7, 11) is -3.85. The Morgan fingerprint density at radius 1 is 1.50 bits per heavy atom. The predicted octanol–water partition coefficient (Wildman–Crippen LogP) is 0.487. The molecule has 1 heterocycles. The molecule has 0 unspecified atom stereocenters. The number of carbonyl (C=O) groups is 1. The molecule has 22 heavy (non-hydrogen) atoms. The average Bonchev–Trinajstić information content (AvgIpc) is 2.32. The summed E-state index contributed by atoms with van der Waals surface area (Å²) in [5.74, 6) is 0.120. The van der Waals surface area contributed by atoms with Gasteiger partial charge in [0.05, 0.1) is 16.8 Å². The third-order valence-electron chi connectivity index (χ3n) is 2.77. The summed E-state index contributed by atoms with van der Waals surface area (Å²) in [6.07, 6.45) is -1.17. The highest BCUT2D eigenvalue weighted by Gasteiger charge is 2.26. The van der Waals surface area contributed by atoms with Gasteiger partial charge in [-0.05, 0) is 26.0 Å². The Balaban J connectivity index is 2.27. The van der Waals surface area contributed by atoms with Gasteiger partial charge in [0, 0.05) is 0 Å². The molecule has 0 bridgehead atoms. The number of nitrogens with two attached hydrogens (primary N) is 1. The Morgan fingerprint density at radius 2 is 2.18 bits per heavy atom. The fraction of sp³-hybridized carbons (Fsp3) is 0.333. The predicted molar refractivity (Wildman–Crippen MR) is 80.4 cm³/mol. The molecule has 1 aliphatic rings. The van der Waals surface area contributed by atoms with Gasteiger partial charge in [-0.3, -0.25) is 4.72 Å². The Kier molecular flexibility index (Phi) is 3.88. The van der Waals surface area contributed by atoms with Crippen LogP contribution < -0.4 is 20.5 Å². The van der Waals surface area contributed by atoms with Crippen molar-refractivity contribution in [1.29, 1.82) is 0 Å². The zero-order valence-corrected chi connectivity index (χ0v) is 12.8. The maximum Gasteiger partial charge on any atom is 0.405 e. The lowest BCUT2D eigenvalue weighted by atomic mass is 10.1. The number of ether oxygens (including phenoxy) is 1. The van der Waals surface area contributed by atoms with Crippen LogP contribution in [0.3, 0.4) is 0 Å². The second-order valence-electron chi connectivity index (χ2n) is 5.34. The standard InChI is InChI=1S/C12H16N4O5S/c1-12(2,14-11(17)18)6-21-8-5-3-4-7-9(8)10(13)16-22(19,20)15-7/h3-5,14-15H,6H2,1-2H3,(H2,13,16)(H,17,18). The molecule has 5 N–H and O–H groups in total. The number of rotatable bonds is 4. The number of carboxylic acid groups (broad SMARTS) is 1. The molecule has 1 aromatic carbocycles. The molecule has 9 nitrogen and oxygen atoms in total. The Morgan fingerprint density at radius 3 is 2.82 bits per heavy atom. The van der Waals surface area contributed by atoms with E-state index in [1.807, 2.05) is 0 Å². The van der Waals surface area contributed by atoms with Crippen LogP contribution in [0, 0.1) is 0 Å². The van der Waals surface area contributed by atoms with Gasteiger partial charge in [-0.1, -0.05) is 6.07 Å². The van der Waals surface area contributed by atoms with Gasteiger partial charge in [-0.15, -0.1) is 4.40 Å². The van der Waals surface area contributed by atoms with Gasteiger partial charge in [0.2, 0.25) is 0 Å². The fourth-order valence-corrected chi connectivity index (χ4v) is 2.77. The van der Waals surface area contributed by atoms with Crippen molar-refractivity contribution in [3.8, 4) is 5.75 Å².